The number of halogens is 3. The second-order valence-corrected chi connectivity index (χ2v) is 5.88. The molecule has 128 valence electrons. The van der Waals surface area contributed by atoms with Gasteiger partial charge in [-0.15, -0.1) is 0 Å². The molecular formula is C17H16F3NO3. The third-order valence-electron chi connectivity index (χ3n) is 4.23. The lowest BCUT2D eigenvalue weighted by Gasteiger charge is -2.25. The first-order chi connectivity index (χ1) is 11.3. The molecule has 1 N–H and O–H groups in total. The Kier molecular flexibility index (Phi) is 4.13. The molecule has 1 saturated heterocycles. The smallest absolute Gasteiger partial charge is 0.416 e. The topological polar surface area (TPSA) is 53.7 Å². The van der Waals surface area contributed by atoms with Crippen molar-refractivity contribution in [2.75, 3.05) is 6.54 Å². The minimum Gasteiger partial charge on any atom is -0.469 e. The van der Waals surface area contributed by atoms with Gasteiger partial charge in [-0.2, -0.15) is 13.2 Å². The van der Waals surface area contributed by atoms with Gasteiger partial charge in [-0.3, -0.25) is 4.79 Å². The summed E-state index contributed by atoms with van der Waals surface area (Å²) in [5.74, 6) is 0.0735. The molecule has 2 aromatic rings. The quantitative estimate of drug-likeness (QED) is 0.910. The zero-order chi connectivity index (χ0) is 17.5. The number of aliphatic hydroxyl groups excluding tert-OH is 1. The molecular weight excluding hydrogens is 323 g/mol. The number of β-amino-alcohol motifs (C(OH)–C–C–N with tert-alkyl or cyclic N) is 1. The second kappa shape index (κ2) is 5.98. The van der Waals surface area contributed by atoms with Gasteiger partial charge in [0.15, 0.2) is 0 Å². The van der Waals surface area contributed by atoms with E-state index in [1.54, 1.807) is 13.0 Å². The molecule has 1 amide bonds. The van der Waals surface area contributed by atoms with Crippen molar-refractivity contribution >= 4 is 5.91 Å². The Labute approximate surface area is 136 Å². The zero-order valence-corrected chi connectivity index (χ0v) is 12.9. The van der Waals surface area contributed by atoms with Gasteiger partial charge >= 0.3 is 6.18 Å². The van der Waals surface area contributed by atoms with Gasteiger partial charge in [0.25, 0.3) is 5.91 Å². The maximum atomic E-state index is 12.9. The van der Waals surface area contributed by atoms with Gasteiger partial charge in [-0.25, -0.2) is 0 Å². The van der Waals surface area contributed by atoms with E-state index in [1.165, 1.54) is 23.3 Å². The number of carbonyl (C=O) groups is 1. The van der Waals surface area contributed by atoms with Gasteiger partial charge in [-0.05, 0) is 37.1 Å². The maximum absolute atomic E-state index is 12.9. The van der Waals surface area contributed by atoms with Crippen LogP contribution >= 0.6 is 0 Å². The van der Waals surface area contributed by atoms with Gasteiger partial charge in [0, 0.05) is 6.54 Å². The molecule has 1 aliphatic heterocycles. The first kappa shape index (κ1) is 16.6. The van der Waals surface area contributed by atoms with E-state index in [-0.39, 0.29) is 18.9 Å². The molecule has 0 spiro atoms. The van der Waals surface area contributed by atoms with Gasteiger partial charge in [0.1, 0.15) is 5.76 Å². The molecule has 24 heavy (non-hydrogen) atoms. The Bertz CT molecular complexity index is 754. The predicted molar refractivity (Wildman–Crippen MR) is 79.3 cm³/mol. The van der Waals surface area contributed by atoms with Crippen molar-refractivity contribution in [2.45, 2.75) is 31.7 Å². The summed E-state index contributed by atoms with van der Waals surface area (Å²) in [5, 5.41) is 9.94. The fourth-order valence-corrected chi connectivity index (χ4v) is 3.04. The van der Waals surface area contributed by atoms with E-state index >= 15 is 0 Å². The molecule has 0 bridgehead atoms. The molecule has 0 saturated carbocycles. The van der Waals surface area contributed by atoms with Crippen molar-refractivity contribution in [3.63, 3.8) is 0 Å². The van der Waals surface area contributed by atoms with Crippen molar-refractivity contribution in [1.29, 1.82) is 0 Å². The van der Waals surface area contributed by atoms with Crippen LogP contribution in [0.4, 0.5) is 13.2 Å². The van der Waals surface area contributed by atoms with Crippen molar-refractivity contribution in [2.24, 2.45) is 0 Å². The van der Waals surface area contributed by atoms with Crippen LogP contribution < -0.4 is 0 Å². The molecule has 0 radical (unpaired) electrons. The minimum atomic E-state index is -4.46. The van der Waals surface area contributed by atoms with Crippen molar-refractivity contribution in [3.05, 3.63) is 59.0 Å². The monoisotopic (exact) mass is 339 g/mol. The first-order valence-corrected chi connectivity index (χ1v) is 7.47. The summed E-state index contributed by atoms with van der Waals surface area (Å²) >= 11 is 0. The Morgan fingerprint density at radius 3 is 2.71 bits per heavy atom. The number of likely N-dealkylation sites (tertiary alicyclic amines) is 1. The lowest BCUT2D eigenvalue weighted by Crippen LogP contribution is -2.32. The van der Waals surface area contributed by atoms with Crippen LogP contribution in [0.1, 0.15) is 39.7 Å². The molecule has 1 fully saturated rings. The average molecular weight is 339 g/mol. The van der Waals surface area contributed by atoms with E-state index < -0.39 is 23.9 Å². The second-order valence-electron chi connectivity index (χ2n) is 5.88. The lowest BCUT2D eigenvalue weighted by molar-refractivity contribution is -0.137. The van der Waals surface area contributed by atoms with Gasteiger partial charge in [-0.1, -0.05) is 12.1 Å². The highest BCUT2D eigenvalue weighted by Crippen LogP contribution is 2.37. The number of nitrogens with zero attached hydrogens (tertiary/aromatic N) is 1. The standard InChI is InChI=1S/C17H16F3NO3/c1-10-14(5-6-24-10)16(23)21-9-13(22)8-15(21)11-3-2-4-12(7-11)17(18,19)20/h2-7,13,15,22H,8-9H2,1H3/t13-,15+/m0/s1. The van der Waals surface area contributed by atoms with Crippen molar-refractivity contribution < 1.29 is 27.5 Å². The number of furan rings is 1. The van der Waals surface area contributed by atoms with E-state index in [9.17, 15) is 23.1 Å². The summed E-state index contributed by atoms with van der Waals surface area (Å²) in [5.41, 5.74) is -0.0646. The summed E-state index contributed by atoms with van der Waals surface area (Å²) in [6, 6.07) is 5.79. The SMILES string of the molecule is Cc1occc1C(=O)N1C[C@@H](O)C[C@@H]1c1cccc(C(F)(F)F)c1. The number of aryl methyl sites for hydroxylation is 1. The highest BCUT2D eigenvalue weighted by molar-refractivity contribution is 5.95. The number of alkyl halides is 3. The maximum Gasteiger partial charge on any atom is 0.416 e. The molecule has 1 aromatic carbocycles. The number of hydrogen-bond donors (Lipinski definition) is 1. The molecule has 1 aromatic heterocycles. The summed E-state index contributed by atoms with van der Waals surface area (Å²) in [6.07, 6.45) is -3.65. The Balaban J connectivity index is 1.94. The Morgan fingerprint density at radius 2 is 2.08 bits per heavy atom. The molecule has 2 atom stereocenters. The molecule has 2 heterocycles. The number of carbonyl (C=O) groups excluding carboxylic acids is 1. The first-order valence-electron chi connectivity index (χ1n) is 7.47. The van der Waals surface area contributed by atoms with E-state index in [0.717, 1.165) is 12.1 Å². The Morgan fingerprint density at radius 1 is 1.33 bits per heavy atom. The normalized spacial score (nSPS) is 21.3. The van der Waals surface area contributed by atoms with Crippen molar-refractivity contribution in [3.8, 4) is 0 Å². The van der Waals surface area contributed by atoms with E-state index in [4.69, 9.17) is 4.42 Å². The third kappa shape index (κ3) is 3.03. The summed E-state index contributed by atoms with van der Waals surface area (Å²) in [4.78, 5) is 14.1. The number of aliphatic hydroxyl groups is 1. The fraction of sp³-hybridized carbons (Fsp3) is 0.353. The van der Waals surface area contributed by atoms with Crippen LogP contribution in [0.15, 0.2) is 41.0 Å². The minimum absolute atomic E-state index is 0.0738. The summed E-state index contributed by atoms with van der Waals surface area (Å²) < 4.78 is 43.9. The summed E-state index contributed by atoms with van der Waals surface area (Å²) in [7, 11) is 0. The third-order valence-corrected chi connectivity index (χ3v) is 4.23. The number of hydrogen-bond acceptors (Lipinski definition) is 3. The fourth-order valence-electron chi connectivity index (χ4n) is 3.04. The Hall–Kier alpha value is -2.28. The average Bonchev–Trinajstić information content (AvgIpc) is 3.12. The highest BCUT2D eigenvalue weighted by Gasteiger charge is 2.38. The van der Waals surface area contributed by atoms with Gasteiger partial charge in [0.2, 0.25) is 0 Å². The summed E-state index contributed by atoms with van der Waals surface area (Å²) in [6.45, 7) is 1.71. The van der Waals surface area contributed by atoms with Crippen LogP contribution in [0.2, 0.25) is 0 Å². The van der Waals surface area contributed by atoms with Gasteiger partial charge < -0.3 is 14.4 Å². The van der Waals surface area contributed by atoms with Crippen molar-refractivity contribution in [1.82, 2.24) is 4.90 Å². The number of benzene rings is 1. The van der Waals surface area contributed by atoms with Crippen LogP contribution in [-0.4, -0.2) is 28.6 Å². The molecule has 1 aliphatic rings. The van der Waals surface area contributed by atoms with Crippen LogP contribution in [0.5, 0.6) is 0 Å². The number of amides is 1. The van der Waals surface area contributed by atoms with Crippen LogP contribution in [0.3, 0.4) is 0 Å². The molecule has 4 nitrogen and oxygen atoms in total. The van der Waals surface area contributed by atoms with E-state index in [0.29, 0.717) is 16.9 Å². The number of rotatable bonds is 2. The van der Waals surface area contributed by atoms with E-state index in [2.05, 4.69) is 0 Å². The predicted octanol–water partition coefficient (Wildman–Crippen LogP) is 3.55. The largest absolute Gasteiger partial charge is 0.469 e. The van der Waals surface area contributed by atoms with Crippen LogP contribution in [-0.2, 0) is 6.18 Å². The van der Waals surface area contributed by atoms with Crippen LogP contribution in [0, 0.1) is 6.92 Å². The van der Waals surface area contributed by atoms with Crippen LogP contribution in [0.25, 0.3) is 0 Å². The molecule has 7 heteroatoms. The lowest BCUT2D eigenvalue weighted by atomic mass is 10.0. The molecule has 3 rings (SSSR count). The molecule has 0 aliphatic carbocycles. The zero-order valence-electron chi connectivity index (χ0n) is 12.9. The molecule has 0 unspecified atom stereocenters. The van der Waals surface area contributed by atoms with E-state index in [1.807, 2.05) is 0 Å². The highest BCUT2D eigenvalue weighted by atomic mass is 19.4. The van der Waals surface area contributed by atoms with Gasteiger partial charge in [0.05, 0.1) is 29.5 Å².